The summed E-state index contributed by atoms with van der Waals surface area (Å²) in [5.41, 5.74) is 3.62. The number of aryl methyl sites for hydroxylation is 3. The fraction of sp³-hybridized carbons (Fsp3) is 0.222. The van der Waals surface area contributed by atoms with Crippen LogP contribution in [0.1, 0.15) is 23.2 Å². The summed E-state index contributed by atoms with van der Waals surface area (Å²) >= 11 is 0. The topological polar surface area (TPSA) is 55.2 Å². The van der Waals surface area contributed by atoms with E-state index in [4.69, 9.17) is 0 Å². The largest absolute Gasteiger partial charge is 0.341 e. The molecule has 4 aromatic rings. The molecule has 0 fully saturated rings. The highest BCUT2D eigenvalue weighted by Crippen LogP contribution is 2.13. The van der Waals surface area contributed by atoms with E-state index in [1.54, 1.807) is 28.6 Å². The lowest BCUT2D eigenvalue weighted by Crippen LogP contribution is -2.30. The van der Waals surface area contributed by atoms with Crippen LogP contribution in [0.4, 0.5) is 4.39 Å². The molecule has 0 saturated heterocycles. The Labute approximate surface area is 192 Å². The zero-order valence-electron chi connectivity index (χ0n) is 18.6. The second kappa shape index (κ2) is 10.2. The van der Waals surface area contributed by atoms with E-state index in [1.807, 2.05) is 54.6 Å². The Kier molecular flexibility index (Phi) is 6.93. The molecule has 3 aromatic carbocycles. The van der Waals surface area contributed by atoms with E-state index in [9.17, 15) is 14.0 Å². The monoisotopic (exact) mass is 443 g/mol. The molecule has 0 aliphatic rings. The lowest BCUT2D eigenvalue weighted by molar-refractivity contribution is -0.130. The smallest absolute Gasteiger partial charge is 0.272 e. The highest BCUT2D eigenvalue weighted by atomic mass is 19.1. The van der Waals surface area contributed by atoms with Crippen LogP contribution in [-0.4, -0.2) is 27.4 Å². The minimum Gasteiger partial charge on any atom is -0.341 e. The Balaban J connectivity index is 1.50. The first kappa shape index (κ1) is 22.4. The number of rotatable bonds is 8. The van der Waals surface area contributed by atoms with Crippen LogP contribution in [0.15, 0.2) is 83.7 Å². The summed E-state index contributed by atoms with van der Waals surface area (Å²) in [5.74, 6) is -0.450. The minimum atomic E-state index is -0.329. The summed E-state index contributed by atoms with van der Waals surface area (Å²) < 4.78 is 15.2. The van der Waals surface area contributed by atoms with Crippen molar-refractivity contribution < 1.29 is 9.18 Å². The summed E-state index contributed by atoms with van der Waals surface area (Å²) in [6.07, 6.45) is 1.13. The average Bonchev–Trinajstić information content (AvgIpc) is 2.82. The van der Waals surface area contributed by atoms with E-state index >= 15 is 0 Å². The second-order valence-corrected chi connectivity index (χ2v) is 8.12. The fourth-order valence-electron chi connectivity index (χ4n) is 3.93. The maximum Gasteiger partial charge on any atom is 0.272 e. The van der Waals surface area contributed by atoms with Crippen molar-refractivity contribution in [2.75, 3.05) is 7.05 Å². The normalized spacial score (nSPS) is 11.0. The first-order valence-corrected chi connectivity index (χ1v) is 11.0. The number of hydrogen-bond donors (Lipinski definition) is 0. The van der Waals surface area contributed by atoms with Gasteiger partial charge in [-0.2, -0.15) is 0 Å². The van der Waals surface area contributed by atoms with Gasteiger partial charge in [-0.25, -0.2) is 9.37 Å². The SMILES string of the molecule is CN(Cc1cccc(F)c1)C(=O)CCc1nc2ccccc2n(CCc2ccccc2)c1=O. The first-order chi connectivity index (χ1) is 16.0. The Hall–Kier alpha value is -3.80. The number of para-hydroxylation sites is 2. The Bertz CT molecular complexity index is 1320. The van der Waals surface area contributed by atoms with Crippen molar-refractivity contribution in [3.05, 3.63) is 112 Å². The van der Waals surface area contributed by atoms with Crippen molar-refractivity contribution >= 4 is 16.9 Å². The molecule has 0 bridgehead atoms. The van der Waals surface area contributed by atoms with Gasteiger partial charge in [0.15, 0.2) is 0 Å². The number of carbonyl (C=O) groups excluding carboxylic acids is 1. The number of aromatic nitrogens is 2. The summed E-state index contributed by atoms with van der Waals surface area (Å²) in [6, 6.07) is 23.8. The molecule has 1 aromatic heterocycles. The first-order valence-electron chi connectivity index (χ1n) is 11.0. The Morgan fingerprint density at radius 1 is 0.939 bits per heavy atom. The molecule has 4 rings (SSSR count). The third kappa shape index (κ3) is 5.52. The van der Waals surface area contributed by atoms with E-state index in [1.165, 1.54) is 12.1 Å². The molecule has 0 saturated carbocycles. The number of carbonyl (C=O) groups is 1. The van der Waals surface area contributed by atoms with Gasteiger partial charge in [-0.05, 0) is 41.8 Å². The lowest BCUT2D eigenvalue weighted by atomic mass is 10.1. The van der Waals surface area contributed by atoms with Crippen molar-refractivity contribution in [3.63, 3.8) is 0 Å². The molecule has 6 heteroatoms. The van der Waals surface area contributed by atoms with Crippen molar-refractivity contribution in [1.29, 1.82) is 0 Å². The average molecular weight is 444 g/mol. The van der Waals surface area contributed by atoms with Crippen LogP contribution in [0, 0.1) is 5.82 Å². The molecule has 0 radical (unpaired) electrons. The van der Waals surface area contributed by atoms with E-state index in [-0.39, 0.29) is 30.1 Å². The quantitative estimate of drug-likeness (QED) is 0.406. The predicted molar refractivity (Wildman–Crippen MR) is 127 cm³/mol. The van der Waals surface area contributed by atoms with Gasteiger partial charge in [0.05, 0.1) is 11.0 Å². The third-order valence-electron chi connectivity index (χ3n) is 5.70. The summed E-state index contributed by atoms with van der Waals surface area (Å²) in [6.45, 7) is 0.843. The molecule has 0 N–H and O–H groups in total. The summed E-state index contributed by atoms with van der Waals surface area (Å²) in [5, 5.41) is 0. The lowest BCUT2D eigenvalue weighted by Gasteiger charge is -2.17. The van der Waals surface area contributed by atoms with Crippen LogP contribution in [0.2, 0.25) is 0 Å². The molecule has 5 nitrogen and oxygen atoms in total. The number of amides is 1. The summed E-state index contributed by atoms with van der Waals surface area (Å²) in [4.78, 5) is 32.0. The van der Waals surface area contributed by atoms with Gasteiger partial charge < -0.3 is 9.47 Å². The van der Waals surface area contributed by atoms with E-state index in [0.29, 0.717) is 18.8 Å². The van der Waals surface area contributed by atoms with Crippen LogP contribution in [0.25, 0.3) is 11.0 Å². The third-order valence-corrected chi connectivity index (χ3v) is 5.70. The maximum absolute atomic E-state index is 13.4. The van der Waals surface area contributed by atoms with Gasteiger partial charge in [0.25, 0.3) is 5.56 Å². The molecular weight excluding hydrogens is 417 g/mol. The van der Waals surface area contributed by atoms with Crippen LogP contribution in [0.3, 0.4) is 0 Å². The molecular formula is C27H26FN3O2. The van der Waals surface area contributed by atoms with Gasteiger partial charge in [-0.1, -0.05) is 54.6 Å². The highest BCUT2D eigenvalue weighted by Gasteiger charge is 2.15. The standard InChI is InChI=1S/C27H26FN3O2/c1-30(19-21-10-7-11-22(28)18-21)26(32)15-14-24-27(33)31(17-16-20-8-3-2-4-9-20)25-13-6-5-12-23(25)29-24/h2-13,18H,14-17,19H2,1H3. The van der Waals surface area contributed by atoms with Gasteiger partial charge in [-0.15, -0.1) is 0 Å². The van der Waals surface area contributed by atoms with Crippen LogP contribution in [-0.2, 0) is 30.7 Å². The van der Waals surface area contributed by atoms with Gasteiger partial charge >= 0.3 is 0 Å². The van der Waals surface area contributed by atoms with Crippen LogP contribution < -0.4 is 5.56 Å². The molecule has 168 valence electrons. The van der Waals surface area contributed by atoms with Crippen molar-refractivity contribution in [3.8, 4) is 0 Å². The van der Waals surface area contributed by atoms with Crippen LogP contribution in [0.5, 0.6) is 0 Å². The molecule has 1 amide bonds. The van der Waals surface area contributed by atoms with Crippen molar-refractivity contribution in [2.45, 2.75) is 32.4 Å². The number of hydrogen-bond acceptors (Lipinski definition) is 3. The molecule has 0 unspecified atom stereocenters. The molecule has 0 aliphatic carbocycles. The van der Waals surface area contributed by atoms with E-state index < -0.39 is 0 Å². The van der Waals surface area contributed by atoms with Crippen LogP contribution >= 0.6 is 0 Å². The second-order valence-electron chi connectivity index (χ2n) is 8.12. The number of halogens is 1. The molecule has 33 heavy (non-hydrogen) atoms. The maximum atomic E-state index is 13.4. The van der Waals surface area contributed by atoms with Gasteiger partial charge in [-0.3, -0.25) is 9.59 Å². The molecule has 0 atom stereocenters. The van der Waals surface area contributed by atoms with E-state index in [0.717, 1.165) is 28.6 Å². The number of nitrogens with zero attached hydrogens (tertiary/aromatic N) is 3. The molecule has 0 spiro atoms. The highest BCUT2D eigenvalue weighted by molar-refractivity contribution is 5.77. The zero-order chi connectivity index (χ0) is 23.2. The number of benzene rings is 3. The number of fused-ring (bicyclic) bond motifs is 1. The molecule has 1 heterocycles. The fourth-order valence-corrected chi connectivity index (χ4v) is 3.93. The minimum absolute atomic E-state index is 0.121. The van der Waals surface area contributed by atoms with Gasteiger partial charge in [0.1, 0.15) is 11.5 Å². The Morgan fingerprint density at radius 3 is 2.45 bits per heavy atom. The zero-order valence-corrected chi connectivity index (χ0v) is 18.6. The Morgan fingerprint density at radius 2 is 1.67 bits per heavy atom. The van der Waals surface area contributed by atoms with E-state index in [2.05, 4.69) is 4.98 Å². The van der Waals surface area contributed by atoms with Crippen molar-refractivity contribution in [1.82, 2.24) is 14.5 Å². The summed E-state index contributed by atoms with van der Waals surface area (Å²) in [7, 11) is 1.68. The predicted octanol–water partition coefficient (Wildman–Crippen LogP) is 4.37. The van der Waals surface area contributed by atoms with Crippen molar-refractivity contribution in [2.24, 2.45) is 0 Å². The van der Waals surface area contributed by atoms with Gasteiger partial charge in [0, 0.05) is 33.0 Å². The van der Waals surface area contributed by atoms with Gasteiger partial charge in [0.2, 0.25) is 5.91 Å². The molecule has 0 aliphatic heterocycles.